The number of carbonyl (C=O) groups is 1. The van der Waals surface area contributed by atoms with Crippen LogP contribution in [0, 0.1) is 6.92 Å². The number of aromatic nitrogens is 1. The van der Waals surface area contributed by atoms with E-state index in [0.29, 0.717) is 6.54 Å². The fourth-order valence-corrected chi connectivity index (χ4v) is 2.05. The number of nitrogens with one attached hydrogen (secondary N) is 2. The minimum Gasteiger partial charge on any atom is -0.361 e. The van der Waals surface area contributed by atoms with Crippen LogP contribution in [0.1, 0.15) is 11.1 Å². The fraction of sp³-hybridized carbons (Fsp3) is 0.308. The first-order chi connectivity index (χ1) is 8.58. The topological polar surface area (TPSA) is 44.9 Å². The number of carbonyl (C=O) groups excluding carboxylic acids is 1. The summed E-state index contributed by atoms with van der Waals surface area (Å²) in [5, 5.41) is 3.88. The van der Waals surface area contributed by atoms with Crippen molar-refractivity contribution < 1.29 is 4.79 Å². The summed E-state index contributed by atoms with van der Waals surface area (Å²) in [5.74, 6) is -0.352. The number of fused-ring (bicyclic) bond motifs is 1. The number of aromatic amines is 1. The summed E-state index contributed by atoms with van der Waals surface area (Å²) in [6.45, 7) is 2.58. The van der Waals surface area contributed by atoms with Crippen LogP contribution in [0.25, 0.3) is 10.9 Å². The number of rotatable bonds is 4. The molecule has 0 aliphatic rings. The Morgan fingerprint density at radius 1 is 1.44 bits per heavy atom. The Morgan fingerprint density at radius 3 is 2.94 bits per heavy atom. The third-order valence-electron chi connectivity index (χ3n) is 2.81. The van der Waals surface area contributed by atoms with E-state index in [1.807, 2.05) is 6.20 Å². The van der Waals surface area contributed by atoms with E-state index in [0.717, 1.165) is 11.9 Å². The highest BCUT2D eigenvalue weighted by Crippen LogP contribution is 2.19. The molecule has 96 valence electrons. The average molecular weight is 285 g/mol. The normalized spacial score (nSPS) is 11.1. The molecular weight excluding hydrogens is 271 g/mol. The molecule has 1 heterocycles. The van der Waals surface area contributed by atoms with E-state index in [1.165, 1.54) is 16.5 Å². The van der Waals surface area contributed by atoms with Crippen LogP contribution >= 0.6 is 23.2 Å². The van der Waals surface area contributed by atoms with Crippen LogP contribution in [0.5, 0.6) is 0 Å². The molecule has 3 nitrogen and oxygen atoms in total. The van der Waals surface area contributed by atoms with Crippen molar-refractivity contribution in [2.75, 3.05) is 6.54 Å². The van der Waals surface area contributed by atoms with Crippen LogP contribution < -0.4 is 5.32 Å². The van der Waals surface area contributed by atoms with Crippen molar-refractivity contribution in [2.45, 2.75) is 18.2 Å². The Kier molecular flexibility index (Phi) is 4.15. The summed E-state index contributed by atoms with van der Waals surface area (Å²) in [6, 6.07) is 6.26. The van der Waals surface area contributed by atoms with Gasteiger partial charge in [-0.15, -0.1) is 0 Å². The van der Waals surface area contributed by atoms with Gasteiger partial charge in [0.05, 0.1) is 0 Å². The van der Waals surface area contributed by atoms with Crippen molar-refractivity contribution in [3.63, 3.8) is 0 Å². The first kappa shape index (κ1) is 13.2. The van der Waals surface area contributed by atoms with Crippen molar-refractivity contribution in [3.05, 3.63) is 35.5 Å². The van der Waals surface area contributed by atoms with Crippen molar-refractivity contribution in [1.29, 1.82) is 0 Å². The largest absolute Gasteiger partial charge is 0.361 e. The van der Waals surface area contributed by atoms with Crippen molar-refractivity contribution in [1.82, 2.24) is 10.3 Å². The standard InChI is InChI=1S/C13H14Cl2N2O/c1-8-2-3-11-10(6-8)9(7-17-11)4-5-16-13(18)12(14)15/h2-3,6-7,12,17H,4-5H2,1H3,(H,16,18). The molecule has 0 atom stereocenters. The number of hydrogen-bond acceptors (Lipinski definition) is 1. The minimum atomic E-state index is -1.00. The Labute approximate surface area is 115 Å². The summed E-state index contributed by atoms with van der Waals surface area (Å²) in [7, 11) is 0. The van der Waals surface area contributed by atoms with Gasteiger partial charge in [0, 0.05) is 23.6 Å². The molecule has 5 heteroatoms. The number of aryl methyl sites for hydroxylation is 1. The van der Waals surface area contributed by atoms with Gasteiger partial charge in [0.25, 0.3) is 5.91 Å². The van der Waals surface area contributed by atoms with Gasteiger partial charge in [-0.3, -0.25) is 4.79 Å². The number of halogens is 2. The van der Waals surface area contributed by atoms with Crippen LogP contribution in [0.2, 0.25) is 0 Å². The highest BCUT2D eigenvalue weighted by Gasteiger charge is 2.10. The van der Waals surface area contributed by atoms with Gasteiger partial charge in [-0.25, -0.2) is 0 Å². The summed E-state index contributed by atoms with van der Waals surface area (Å²) in [6.07, 6.45) is 2.71. The number of H-pyrrole nitrogens is 1. The maximum Gasteiger partial charge on any atom is 0.253 e. The van der Waals surface area contributed by atoms with Crippen LogP contribution in [0.3, 0.4) is 0 Å². The van der Waals surface area contributed by atoms with Gasteiger partial charge < -0.3 is 10.3 Å². The first-order valence-corrected chi connectivity index (χ1v) is 6.57. The zero-order chi connectivity index (χ0) is 13.1. The lowest BCUT2D eigenvalue weighted by molar-refractivity contribution is -0.119. The second kappa shape index (κ2) is 5.63. The minimum absolute atomic E-state index is 0.352. The monoisotopic (exact) mass is 284 g/mol. The molecule has 0 aliphatic carbocycles. The van der Waals surface area contributed by atoms with E-state index in [4.69, 9.17) is 23.2 Å². The molecule has 1 amide bonds. The lowest BCUT2D eigenvalue weighted by Crippen LogP contribution is -2.30. The lowest BCUT2D eigenvalue weighted by Gasteiger charge is -2.04. The fourth-order valence-electron chi connectivity index (χ4n) is 1.90. The molecule has 0 fully saturated rings. The van der Waals surface area contributed by atoms with Crippen LogP contribution in [0.15, 0.2) is 24.4 Å². The Bertz CT molecular complexity index is 563. The highest BCUT2D eigenvalue weighted by atomic mass is 35.5. The zero-order valence-electron chi connectivity index (χ0n) is 9.97. The number of hydrogen-bond donors (Lipinski definition) is 2. The van der Waals surface area contributed by atoms with Gasteiger partial charge in [0.2, 0.25) is 0 Å². The van der Waals surface area contributed by atoms with Gasteiger partial charge in [-0.1, -0.05) is 34.8 Å². The SMILES string of the molecule is Cc1ccc2[nH]cc(CCNC(=O)C(Cl)Cl)c2c1. The van der Waals surface area contributed by atoms with Crippen LogP contribution in [-0.4, -0.2) is 22.3 Å². The van der Waals surface area contributed by atoms with E-state index in [2.05, 4.69) is 35.4 Å². The maximum absolute atomic E-state index is 11.2. The second-order valence-electron chi connectivity index (χ2n) is 4.20. The van der Waals surface area contributed by atoms with Crippen molar-refractivity contribution in [2.24, 2.45) is 0 Å². The third-order valence-corrected chi connectivity index (χ3v) is 3.21. The smallest absolute Gasteiger partial charge is 0.253 e. The summed E-state index contributed by atoms with van der Waals surface area (Å²) < 4.78 is 0. The Balaban J connectivity index is 2.04. The molecular formula is C13H14Cl2N2O. The van der Waals surface area contributed by atoms with Gasteiger partial charge in [0.1, 0.15) is 0 Å². The van der Waals surface area contributed by atoms with E-state index in [9.17, 15) is 4.79 Å². The molecule has 2 aromatic rings. The summed E-state index contributed by atoms with van der Waals surface area (Å²) >= 11 is 10.9. The van der Waals surface area contributed by atoms with Gasteiger partial charge >= 0.3 is 0 Å². The molecule has 0 radical (unpaired) electrons. The van der Waals surface area contributed by atoms with Crippen molar-refractivity contribution in [3.8, 4) is 0 Å². The predicted octanol–water partition coefficient (Wildman–Crippen LogP) is 2.94. The molecule has 2 rings (SSSR count). The number of alkyl halides is 2. The summed E-state index contributed by atoms with van der Waals surface area (Å²) in [4.78, 5) is 13.4. The Hall–Kier alpha value is -1.19. The first-order valence-electron chi connectivity index (χ1n) is 5.70. The molecule has 0 unspecified atom stereocenters. The molecule has 0 spiro atoms. The van der Waals surface area contributed by atoms with Crippen LogP contribution in [-0.2, 0) is 11.2 Å². The van der Waals surface area contributed by atoms with Crippen molar-refractivity contribution >= 4 is 40.0 Å². The molecule has 2 N–H and O–H groups in total. The van der Waals surface area contributed by atoms with E-state index >= 15 is 0 Å². The molecule has 1 aromatic carbocycles. The predicted molar refractivity (Wildman–Crippen MR) is 75.2 cm³/mol. The number of benzene rings is 1. The molecule has 1 aromatic heterocycles. The van der Waals surface area contributed by atoms with E-state index in [-0.39, 0.29) is 5.91 Å². The van der Waals surface area contributed by atoms with Gasteiger partial charge in [-0.2, -0.15) is 0 Å². The highest BCUT2D eigenvalue weighted by molar-refractivity contribution is 6.53. The van der Waals surface area contributed by atoms with E-state index in [1.54, 1.807) is 0 Å². The third kappa shape index (κ3) is 2.98. The van der Waals surface area contributed by atoms with E-state index < -0.39 is 4.84 Å². The second-order valence-corrected chi connectivity index (χ2v) is 5.30. The molecule has 0 aliphatic heterocycles. The molecule has 0 saturated heterocycles. The zero-order valence-corrected chi connectivity index (χ0v) is 11.5. The van der Waals surface area contributed by atoms with Crippen LogP contribution in [0.4, 0.5) is 0 Å². The molecule has 0 saturated carbocycles. The summed E-state index contributed by atoms with van der Waals surface area (Å²) in [5.41, 5.74) is 3.50. The maximum atomic E-state index is 11.2. The number of amides is 1. The lowest BCUT2D eigenvalue weighted by atomic mass is 10.1. The molecule has 18 heavy (non-hydrogen) atoms. The molecule has 0 bridgehead atoms. The quantitative estimate of drug-likeness (QED) is 0.833. The van der Waals surface area contributed by atoms with Gasteiger partial charge in [-0.05, 0) is 31.0 Å². The average Bonchev–Trinajstić information content (AvgIpc) is 2.71. The van der Waals surface area contributed by atoms with Gasteiger partial charge in [0.15, 0.2) is 4.84 Å². The Morgan fingerprint density at radius 2 is 2.22 bits per heavy atom.